The number of aromatic nitrogens is 2. The zero-order chi connectivity index (χ0) is 11.5. The molecule has 0 spiro atoms. The maximum atomic E-state index is 4.17. The van der Waals surface area contributed by atoms with Crippen molar-refractivity contribution in [3.05, 3.63) is 18.2 Å². The van der Waals surface area contributed by atoms with Crippen molar-refractivity contribution in [2.24, 2.45) is 0 Å². The monoisotopic (exact) mass is 244 g/mol. The van der Waals surface area contributed by atoms with Crippen LogP contribution >= 0.6 is 0 Å². The molecule has 0 saturated carbocycles. The minimum Gasteiger partial charge on any atom is -0.446 e. The third-order valence-electron chi connectivity index (χ3n) is 3.02. The summed E-state index contributed by atoms with van der Waals surface area (Å²) in [5.74, 6) is 1.02. The fourth-order valence-electron chi connectivity index (χ4n) is 1.99. The standard InChI is InChI=1S/C14H25N2.Na/c1-2-3-4-5-6-7-8-9-10-11-14-15-12-13-16-14;/h12-13H,2-11H2,1H3;/q-1;+1. The van der Waals surface area contributed by atoms with Gasteiger partial charge in [-0.25, -0.2) is 0 Å². The van der Waals surface area contributed by atoms with E-state index < -0.39 is 0 Å². The molecule has 0 amide bonds. The van der Waals surface area contributed by atoms with E-state index in [-0.39, 0.29) is 29.6 Å². The average molecular weight is 244 g/mol. The normalized spacial score (nSPS) is 10.2. The third kappa shape index (κ3) is 9.87. The molecule has 0 saturated heterocycles. The summed E-state index contributed by atoms with van der Waals surface area (Å²) < 4.78 is 0. The molecule has 1 heterocycles. The van der Waals surface area contributed by atoms with E-state index in [1.807, 2.05) is 0 Å². The Kier molecular flexibility index (Phi) is 12.8. The predicted molar refractivity (Wildman–Crippen MR) is 68.5 cm³/mol. The molecule has 0 radical (unpaired) electrons. The van der Waals surface area contributed by atoms with Crippen LogP contribution in [0.4, 0.5) is 0 Å². The van der Waals surface area contributed by atoms with E-state index in [2.05, 4.69) is 16.9 Å². The van der Waals surface area contributed by atoms with Crippen LogP contribution in [0.15, 0.2) is 12.4 Å². The Morgan fingerprint density at radius 3 is 2.06 bits per heavy atom. The molecule has 3 heteroatoms. The fourth-order valence-corrected chi connectivity index (χ4v) is 1.99. The second-order valence-corrected chi connectivity index (χ2v) is 4.55. The summed E-state index contributed by atoms with van der Waals surface area (Å²) in [5, 5.41) is 0. The summed E-state index contributed by atoms with van der Waals surface area (Å²) in [6.45, 7) is 2.27. The van der Waals surface area contributed by atoms with Crippen LogP contribution in [-0.2, 0) is 6.42 Å². The summed E-state index contributed by atoms with van der Waals surface area (Å²) in [5.41, 5.74) is 0. The zero-order valence-electron chi connectivity index (χ0n) is 11.6. The summed E-state index contributed by atoms with van der Waals surface area (Å²) in [7, 11) is 0. The van der Waals surface area contributed by atoms with Crippen LogP contribution in [0.25, 0.3) is 0 Å². The molecule has 0 atom stereocenters. The number of imidazole rings is 1. The fraction of sp³-hybridized carbons (Fsp3) is 0.786. The summed E-state index contributed by atoms with van der Waals surface area (Å²) >= 11 is 0. The Hall–Kier alpha value is 0.210. The summed E-state index contributed by atoms with van der Waals surface area (Å²) in [6, 6.07) is 0. The van der Waals surface area contributed by atoms with Crippen molar-refractivity contribution in [2.45, 2.75) is 71.1 Å². The maximum Gasteiger partial charge on any atom is 1.00 e. The van der Waals surface area contributed by atoms with Crippen molar-refractivity contribution in [3.8, 4) is 0 Å². The topological polar surface area (TPSA) is 27.0 Å². The predicted octanol–water partition coefficient (Wildman–Crippen LogP) is 1.12. The zero-order valence-corrected chi connectivity index (χ0v) is 13.6. The largest absolute Gasteiger partial charge is 1.00 e. The van der Waals surface area contributed by atoms with Crippen molar-refractivity contribution >= 4 is 0 Å². The smallest absolute Gasteiger partial charge is 0.446 e. The number of rotatable bonds is 10. The third-order valence-corrected chi connectivity index (χ3v) is 3.02. The molecule has 92 valence electrons. The van der Waals surface area contributed by atoms with E-state index in [0.29, 0.717) is 0 Å². The molecule has 2 nitrogen and oxygen atoms in total. The molecule has 0 aliphatic rings. The van der Waals surface area contributed by atoms with Gasteiger partial charge in [0.2, 0.25) is 0 Å². The van der Waals surface area contributed by atoms with E-state index >= 15 is 0 Å². The minimum atomic E-state index is 0. The van der Waals surface area contributed by atoms with Gasteiger partial charge in [-0.05, 0) is 12.8 Å². The molecule has 0 bridgehead atoms. The van der Waals surface area contributed by atoms with Crippen LogP contribution in [-0.4, -0.2) is 4.98 Å². The second-order valence-electron chi connectivity index (χ2n) is 4.55. The number of hydrogen-bond acceptors (Lipinski definition) is 1. The van der Waals surface area contributed by atoms with Crippen molar-refractivity contribution in [1.29, 1.82) is 0 Å². The van der Waals surface area contributed by atoms with Crippen molar-refractivity contribution < 1.29 is 29.6 Å². The molecule has 17 heavy (non-hydrogen) atoms. The summed E-state index contributed by atoms with van der Waals surface area (Å²) in [6.07, 6.45) is 17.0. The van der Waals surface area contributed by atoms with Crippen LogP contribution in [0.2, 0.25) is 0 Å². The Labute approximate surface area is 128 Å². The second kappa shape index (κ2) is 12.7. The first kappa shape index (κ1) is 17.2. The van der Waals surface area contributed by atoms with Gasteiger partial charge in [-0.1, -0.05) is 76.5 Å². The van der Waals surface area contributed by atoms with Gasteiger partial charge >= 0.3 is 29.6 Å². The number of aryl methyl sites for hydroxylation is 1. The van der Waals surface area contributed by atoms with Gasteiger partial charge in [0.15, 0.2) is 0 Å². The van der Waals surface area contributed by atoms with Gasteiger partial charge in [0.1, 0.15) is 0 Å². The Morgan fingerprint density at radius 1 is 0.941 bits per heavy atom. The van der Waals surface area contributed by atoms with E-state index in [9.17, 15) is 0 Å². The molecule has 0 fully saturated rings. The maximum absolute atomic E-state index is 4.17. The number of unbranched alkanes of at least 4 members (excludes halogenated alkanes) is 8. The summed E-state index contributed by atoms with van der Waals surface area (Å²) in [4.78, 5) is 8.35. The van der Waals surface area contributed by atoms with Gasteiger partial charge in [0.25, 0.3) is 0 Å². The van der Waals surface area contributed by atoms with Crippen molar-refractivity contribution in [2.75, 3.05) is 0 Å². The van der Waals surface area contributed by atoms with E-state index in [1.54, 1.807) is 12.4 Å². The van der Waals surface area contributed by atoms with Gasteiger partial charge in [0, 0.05) is 0 Å². The SMILES string of the molecule is CCCCCCCCCCCc1ncc[n-]1.[Na+]. The molecular weight excluding hydrogens is 219 g/mol. The van der Waals surface area contributed by atoms with Gasteiger partial charge in [0.05, 0.1) is 0 Å². The molecule has 0 aliphatic heterocycles. The average Bonchev–Trinajstić information content (AvgIpc) is 2.80. The minimum absolute atomic E-state index is 0. The molecule has 0 N–H and O–H groups in total. The number of hydrogen-bond donors (Lipinski definition) is 0. The molecule has 1 rings (SSSR count). The van der Waals surface area contributed by atoms with Crippen molar-refractivity contribution in [3.63, 3.8) is 0 Å². The van der Waals surface area contributed by atoms with Crippen LogP contribution in [0.1, 0.15) is 70.5 Å². The first-order valence-electron chi connectivity index (χ1n) is 6.86. The first-order valence-corrected chi connectivity index (χ1v) is 6.86. The molecule has 0 aliphatic carbocycles. The molecule has 0 aromatic carbocycles. The quantitative estimate of drug-likeness (QED) is 0.455. The molecular formula is C14H25N2Na. The Bertz CT molecular complexity index is 234. The van der Waals surface area contributed by atoms with Gasteiger partial charge in [-0.3, -0.25) is 0 Å². The van der Waals surface area contributed by atoms with E-state index in [1.165, 1.54) is 57.8 Å². The van der Waals surface area contributed by atoms with Crippen LogP contribution in [0.3, 0.4) is 0 Å². The Balaban J connectivity index is 0.00000256. The van der Waals surface area contributed by atoms with Crippen LogP contribution in [0.5, 0.6) is 0 Å². The van der Waals surface area contributed by atoms with Crippen LogP contribution in [0, 0.1) is 0 Å². The Morgan fingerprint density at radius 2 is 1.53 bits per heavy atom. The van der Waals surface area contributed by atoms with E-state index in [0.717, 1.165) is 12.2 Å². The van der Waals surface area contributed by atoms with Gasteiger partial charge in [-0.2, -0.15) is 0 Å². The van der Waals surface area contributed by atoms with Gasteiger partial charge < -0.3 is 9.97 Å². The van der Waals surface area contributed by atoms with E-state index in [4.69, 9.17) is 0 Å². The van der Waals surface area contributed by atoms with Crippen molar-refractivity contribution in [1.82, 2.24) is 9.97 Å². The molecule has 1 aromatic heterocycles. The van der Waals surface area contributed by atoms with Gasteiger partial charge in [-0.15, -0.1) is 0 Å². The van der Waals surface area contributed by atoms with Crippen LogP contribution < -0.4 is 34.5 Å². The molecule has 0 unspecified atom stereocenters. The number of nitrogens with zero attached hydrogens (tertiary/aromatic N) is 2. The first-order chi connectivity index (χ1) is 7.93. The molecule has 1 aromatic rings.